The molecule has 2 fully saturated rings. The standard InChI is InChI=1S/C11H21N/c1-2-12-9-5-8-11(12)10-6-3-4-7-10/h10-11H,2-9H2,1H3. The molecule has 1 heterocycles. The highest BCUT2D eigenvalue weighted by molar-refractivity contribution is 4.86. The maximum Gasteiger partial charge on any atom is 0.0124 e. The third-order valence-corrected chi connectivity index (χ3v) is 3.76. The molecule has 1 aliphatic heterocycles. The molecule has 0 aromatic carbocycles. The summed E-state index contributed by atoms with van der Waals surface area (Å²) in [6, 6.07) is 0.970. The Morgan fingerprint density at radius 2 is 1.83 bits per heavy atom. The molecule has 0 N–H and O–H groups in total. The van der Waals surface area contributed by atoms with E-state index in [9.17, 15) is 0 Å². The summed E-state index contributed by atoms with van der Waals surface area (Å²) in [5.41, 5.74) is 0. The Kier molecular flexibility index (Phi) is 2.69. The number of hydrogen-bond donors (Lipinski definition) is 0. The van der Waals surface area contributed by atoms with E-state index in [1.807, 2.05) is 0 Å². The first-order valence-corrected chi connectivity index (χ1v) is 5.66. The van der Waals surface area contributed by atoms with E-state index in [4.69, 9.17) is 0 Å². The molecular weight excluding hydrogens is 146 g/mol. The Morgan fingerprint density at radius 1 is 1.08 bits per heavy atom. The fourth-order valence-corrected chi connectivity index (χ4v) is 3.12. The topological polar surface area (TPSA) is 3.24 Å². The fraction of sp³-hybridized carbons (Fsp3) is 1.00. The quantitative estimate of drug-likeness (QED) is 0.611. The second-order valence-electron chi connectivity index (χ2n) is 4.38. The van der Waals surface area contributed by atoms with Crippen LogP contribution in [0, 0.1) is 5.92 Å². The van der Waals surface area contributed by atoms with Crippen LogP contribution in [0.25, 0.3) is 0 Å². The molecule has 12 heavy (non-hydrogen) atoms. The van der Waals surface area contributed by atoms with Crippen LogP contribution in [-0.2, 0) is 0 Å². The predicted octanol–water partition coefficient (Wildman–Crippen LogP) is 2.66. The van der Waals surface area contributed by atoms with Crippen LogP contribution in [0.3, 0.4) is 0 Å². The summed E-state index contributed by atoms with van der Waals surface area (Å²) in [4.78, 5) is 2.70. The lowest BCUT2D eigenvalue weighted by atomic mass is 9.96. The molecule has 70 valence electrons. The summed E-state index contributed by atoms with van der Waals surface area (Å²) < 4.78 is 0. The zero-order chi connectivity index (χ0) is 8.39. The molecule has 1 heteroatoms. The van der Waals surface area contributed by atoms with Crippen molar-refractivity contribution in [1.82, 2.24) is 4.90 Å². The first kappa shape index (κ1) is 8.55. The van der Waals surface area contributed by atoms with Crippen LogP contribution < -0.4 is 0 Å². The summed E-state index contributed by atoms with van der Waals surface area (Å²) in [5.74, 6) is 1.06. The monoisotopic (exact) mass is 167 g/mol. The molecule has 1 saturated carbocycles. The van der Waals surface area contributed by atoms with Crippen LogP contribution in [0.1, 0.15) is 45.4 Å². The normalized spacial score (nSPS) is 33.2. The van der Waals surface area contributed by atoms with Gasteiger partial charge in [-0.05, 0) is 44.7 Å². The predicted molar refractivity (Wildman–Crippen MR) is 52.2 cm³/mol. The van der Waals surface area contributed by atoms with E-state index in [1.165, 1.54) is 51.6 Å². The highest BCUT2D eigenvalue weighted by Gasteiger charge is 2.31. The summed E-state index contributed by atoms with van der Waals surface area (Å²) in [6.45, 7) is 4.96. The number of nitrogens with zero attached hydrogens (tertiary/aromatic N) is 1. The highest BCUT2D eigenvalue weighted by Crippen LogP contribution is 2.34. The molecule has 2 rings (SSSR count). The Balaban J connectivity index is 1.92. The van der Waals surface area contributed by atoms with Crippen LogP contribution in [0.4, 0.5) is 0 Å². The molecule has 1 nitrogen and oxygen atoms in total. The van der Waals surface area contributed by atoms with Crippen molar-refractivity contribution >= 4 is 0 Å². The van der Waals surface area contributed by atoms with E-state index in [0.29, 0.717) is 0 Å². The van der Waals surface area contributed by atoms with Crippen LogP contribution in [-0.4, -0.2) is 24.0 Å². The van der Waals surface area contributed by atoms with E-state index >= 15 is 0 Å². The van der Waals surface area contributed by atoms with Crippen LogP contribution >= 0.6 is 0 Å². The molecule has 1 aliphatic carbocycles. The number of rotatable bonds is 2. The van der Waals surface area contributed by atoms with Crippen molar-refractivity contribution in [2.75, 3.05) is 13.1 Å². The van der Waals surface area contributed by atoms with Crippen molar-refractivity contribution in [3.63, 3.8) is 0 Å². The van der Waals surface area contributed by atoms with Gasteiger partial charge in [-0.25, -0.2) is 0 Å². The summed E-state index contributed by atoms with van der Waals surface area (Å²) >= 11 is 0. The van der Waals surface area contributed by atoms with Crippen molar-refractivity contribution in [3.8, 4) is 0 Å². The third-order valence-electron chi connectivity index (χ3n) is 3.76. The minimum Gasteiger partial charge on any atom is -0.300 e. The van der Waals surface area contributed by atoms with Gasteiger partial charge < -0.3 is 4.90 Å². The SMILES string of the molecule is CCN1CCCC1C1CCCC1. The molecule has 1 atom stereocenters. The van der Waals surface area contributed by atoms with Gasteiger partial charge >= 0.3 is 0 Å². The lowest BCUT2D eigenvalue weighted by molar-refractivity contribution is 0.199. The van der Waals surface area contributed by atoms with E-state index < -0.39 is 0 Å². The zero-order valence-corrected chi connectivity index (χ0v) is 8.26. The Hall–Kier alpha value is -0.0400. The Labute approximate surface area is 76.1 Å². The van der Waals surface area contributed by atoms with Crippen LogP contribution in [0.2, 0.25) is 0 Å². The molecule has 0 aromatic rings. The number of likely N-dealkylation sites (tertiary alicyclic amines) is 1. The van der Waals surface area contributed by atoms with Gasteiger partial charge in [0.2, 0.25) is 0 Å². The third kappa shape index (κ3) is 1.52. The lowest BCUT2D eigenvalue weighted by Crippen LogP contribution is -2.34. The molecule has 0 bridgehead atoms. The molecule has 0 radical (unpaired) electrons. The molecule has 0 spiro atoms. The maximum absolute atomic E-state index is 2.70. The minimum absolute atomic E-state index is 0.970. The van der Waals surface area contributed by atoms with Gasteiger partial charge in [0.1, 0.15) is 0 Å². The van der Waals surface area contributed by atoms with Gasteiger partial charge in [0.05, 0.1) is 0 Å². The lowest BCUT2D eigenvalue weighted by Gasteiger charge is -2.27. The molecular formula is C11H21N. The van der Waals surface area contributed by atoms with Gasteiger partial charge in [-0.3, -0.25) is 0 Å². The average Bonchev–Trinajstić information content (AvgIpc) is 2.74. The van der Waals surface area contributed by atoms with Crippen LogP contribution in [0.15, 0.2) is 0 Å². The summed E-state index contributed by atoms with van der Waals surface area (Å²) in [6.07, 6.45) is 8.97. The Morgan fingerprint density at radius 3 is 2.50 bits per heavy atom. The summed E-state index contributed by atoms with van der Waals surface area (Å²) in [5, 5.41) is 0. The maximum atomic E-state index is 2.70. The van der Waals surface area contributed by atoms with E-state index in [0.717, 1.165) is 12.0 Å². The first-order valence-electron chi connectivity index (χ1n) is 5.66. The van der Waals surface area contributed by atoms with Crippen molar-refractivity contribution in [3.05, 3.63) is 0 Å². The second-order valence-corrected chi connectivity index (χ2v) is 4.38. The van der Waals surface area contributed by atoms with Crippen LogP contribution in [0.5, 0.6) is 0 Å². The van der Waals surface area contributed by atoms with Crippen molar-refractivity contribution in [2.45, 2.75) is 51.5 Å². The van der Waals surface area contributed by atoms with Gasteiger partial charge in [0.15, 0.2) is 0 Å². The van der Waals surface area contributed by atoms with Crippen molar-refractivity contribution in [1.29, 1.82) is 0 Å². The van der Waals surface area contributed by atoms with Gasteiger partial charge in [0, 0.05) is 6.04 Å². The van der Waals surface area contributed by atoms with Crippen molar-refractivity contribution in [2.24, 2.45) is 5.92 Å². The summed E-state index contributed by atoms with van der Waals surface area (Å²) in [7, 11) is 0. The number of hydrogen-bond acceptors (Lipinski definition) is 1. The van der Waals surface area contributed by atoms with Crippen molar-refractivity contribution < 1.29 is 0 Å². The average molecular weight is 167 g/mol. The smallest absolute Gasteiger partial charge is 0.0124 e. The van der Waals surface area contributed by atoms with Gasteiger partial charge in [-0.15, -0.1) is 0 Å². The fourth-order valence-electron chi connectivity index (χ4n) is 3.12. The van der Waals surface area contributed by atoms with Gasteiger partial charge in [0.25, 0.3) is 0 Å². The molecule has 2 aliphatic rings. The molecule has 1 saturated heterocycles. The Bertz CT molecular complexity index is 138. The minimum atomic E-state index is 0.970. The zero-order valence-electron chi connectivity index (χ0n) is 8.26. The molecule has 0 aromatic heterocycles. The second kappa shape index (κ2) is 3.78. The largest absolute Gasteiger partial charge is 0.300 e. The van der Waals surface area contributed by atoms with E-state index in [-0.39, 0.29) is 0 Å². The van der Waals surface area contributed by atoms with E-state index in [2.05, 4.69) is 11.8 Å². The first-order chi connectivity index (χ1) is 5.92. The molecule has 0 amide bonds. The molecule has 1 unspecified atom stereocenters. The van der Waals surface area contributed by atoms with Gasteiger partial charge in [-0.1, -0.05) is 19.8 Å². The highest BCUT2D eigenvalue weighted by atomic mass is 15.2. The van der Waals surface area contributed by atoms with E-state index in [1.54, 1.807) is 0 Å². The van der Waals surface area contributed by atoms with Gasteiger partial charge in [-0.2, -0.15) is 0 Å².